The number of carbonyl (C=O) groups excluding carboxylic acids is 1. The molecule has 228 valence electrons. The smallest absolute Gasteiger partial charge is 0.275 e. The summed E-state index contributed by atoms with van der Waals surface area (Å²) in [7, 11) is -1.65. The third-order valence-corrected chi connectivity index (χ3v) is 10.8. The van der Waals surface area contributed by atoms with Crippen molar-refractivity contribution in [2.24, 2.45) is 7.05 Å². The highest BCUT2D eigenvalue weighted by Crippen LogP contribution is 2.31. The molecule has 0 spiro atoms. The van der Waals surface area contributed by atoms with Gasteiger partial charge in [0.05, 0.1) is 16.0 Å². The Kier molecular flexibility index (Phi) is 8.13. The molecule has 0 saturated carbocycles. The van der Waals surface area contributed by atoms with Crippen molar-refractivity contribution in [3.63, 3.8) is 0 Å². The lowest BCUT2D eigenvalue weighted by molar-refractivity contribution is -0.121. The number of sulfonamides is 1. The lowest BCUT2D eigenvalue weighted by Gasteiger charge is -2.26. The predicted molar refractivity (Wildman–Crippen MR) is 173 cm³/mol. The lowest BCUT2D eigenvalue weighted by Crippen LogP contribution is -2.36. The molecule has 1 saturated heterocycles. The number of hydrogen-bond donors (Lipinski definition) is 1. The van der Waals surface area contributed by atoms with Gasteiger partial charge in [-0.15, -0.1) is 0 Å². The molecule has 1 fully saturated rings. The molecule has 2 aromatic heterocycles. The predicted octanol–water partition coefficient (Wildman–Crippen LogP) is 4.71. The number of aromatic nitrogens is 3. The average Bonchev–Trinajstić information content (AvgIpc) is 3.28. The van der Waals surface area contributed by atoms with E-state index in [-0.39, 0.29) is 22.9 Å². The molecule has 0 radical (unpaired) electrons. The van der Waals surface area contributed by atoms with E-state index in [2.05, 4.69) is 34.0 Å². The van der Waals surface area contributed by atoms with Crippen LogP contribution in [-0.2, 0) is 34.8 Å². The fourth-order valence-corrected chi connectivity index (χ4v) is 8.03. The first-order valence-corrected chi connectivity index (χ1v) is 16.5. The van der Waals surface area contributed by atoms with Crippen molar-refractivity contribution in [1.29, 1.82) is 0 Å². The van der Waals surface area contributed by atoms with Crippen molar-refractivity contribution in [2.45, 2.75) is 51.0 Å². The van der Waals surface area contributed by atoms with E-state index < -0.39 is 10.0 Å². The van der Waals surface area contributed by atoms with Crippen molar-refractivity contribution >= 4 is 37.6 Å². The Labute approximate surface area is 257 Å². The highest BCUT2D eigenvalue weighted by atomic mass is 32.2. The van der Waals surface area contributed by atoms with E-state index in [1.54, 1.807) is 41.6 Å². The molecule has 0 bridgehead atoms. The number of nitrogens with zero attached hydrogens (tertiary/aromatic N) is 4. The molecule has 3 heterocycles. The summed E-state index contributed by atoms with van der Waals surface area (Å²) >= 11 is 0. The van der Waals surface area contributed by atoms with E-state index in [0.717, 1.165) is 30.5 Å². The normalized spacial score (nSPS) is 14.3. The molecule has 1 N–H and O–H groups in total. The molecule has 10 heteroatoms. The summed E-state index contributed by atoms with van der Waals surface area (Å²) in [5.74, 6) is -0.323. The van der Waals surface area contributed by atoms with Gasteiger partial charge in [-0.3, -0.25) is 9.59 Å². The molecule has 6 rings (SSSR count). The van der Waals surface area contributed by atoms with E-state index in [1.165, 1.54) is 15.6 Å². The minimum atomic E-state index is -3.69. The van der Waals surface area contributed by atoms with Gasteiger partial charge in [0.2, 0.25) is 15.9 Å². The third kappa shape index (κ3) is 5.44. The number of nitrogens with one attached hydrogen (secondary N) is 1. The van der Waals surface area contributed by atoms with Gasteiger partial charge >= 0.3 is 0 Å². The molecule has 0 aliphatic carbocycles. The Bertz CT molecular complexity index is 2060. The number of fused-ring (bicyclic) bond motifs is 2. The first-order chi connectivity index (χ1) is 21.2. The van der Waals surface area contributed by atoms with Crippen LogP contribution in [0, 0.1) is 13.8 Å². The minimum absolute atomic E-state index is 0.238. The van der Waals surface area contributed by atoms with Gasteiger partial charge in [-0.2, -0.15) is 9.40 Å². The van der Waals surface area contributed by atoms with Gasteiger partial charge in [-0.05, 0) is 62.4 Å². The Morgan fingerprint density at radius 3 is 2.34 bits per heavy atom. The summed E-state index contributed by atoms with van der Waals surface area (Å²) in [6.45, 7) is 5.04. The SMILES string of the molecule is Cc1ccc(-c2nn(CC(=O)NCCc3c(C)n(C)c4ccccc34)c(=O)c3ccccc23)cc1S(=O)(=O)N1CCCCC1. The number of aryl methyl sites for hydroxylation is 2. The van der Waals surface area contributed by atoms with E-state index in [0.29, 0.717) is 53.6 Å². The monoisotopic (exact) mass is 611 g/mol. The van der Waals surface area contributed by atoms with Gasteiger partial charge in [0.1, 0.15) is 6.54 Å². The second-order valence-corrected chi connectivity index (χ2v) is 13.4. The zero-order valence-corrected chi connectivity index (χ0v) is 26.2. The fourth-order valence-electron chi connectivity index (χ4n) is 6.26. The zero-order chi connectivity index (χ0) is 31.0. The Morgan fingerprint density at radius 1 is 0.909 bits per heavy atom. The number of carbonyl (C=O) groups is 1. The second-order valence-electron chi connectivity index (χ2n) is 11.5. The van der Waals surface area contributed by atoms with Crippen molar-refractivity contribution in [1.82, 2.24) is 24.0 Å². The number of rotatable bonds is 8. The van der Waals surface area contributed by atoms with Crippen LogP contribution in [-0.4, -0.2) is 52.6 Å². The second kappa shape index (κ2) is 12.0. The minimum Gasteiger partial charge on any atom is -0.354 e. The molecule has 1 amide bonds. The number of benzene rings is 3. The molecule has 1 aliphatic rings. The van der Waals surface area contributed by atoms with Crippen LogP contribution >= 0.6 is 0 Å². The van der Waals surface area contributed by atoms with Crippen molar-refractivity contribution in [2.75, 3.05) is 19.6 Å². The van der Waals surface area contributed by atoms with Gasteiger partial charge in [0.25, 0.3) is 5.56 Å². The molecule has 0 atom stereocenters. The number of hydrogen-bond acceptors (Lipinski definition) is 5. The fraction of sp³-hybridized carbons (Fsp3) is 0.324. The number of amides is 1. The summed E-state index contributed by atoms with van der Waals surface area (Å²) in [4.78, 5) is 26.8. The van der Waals surface area contributed by atoms with Crippen LogP contribution in [0.25, 0.3) is 32.9 Å². The Morgan fingerprint density at radius 2 is 1.59 bits per heavy atom. The van der Waals surface area contributed by atoms with Crippen LogP contribution in [0.1, 0.15) is 36.1 Å². The van der Waals surface area contributed by atoms with E-state index in [9.17, 15) is 18.0 Å². The van der Waals surface area contributed by atoms with Crippen LogP contribution in [0.4, 0.5) is 0 Å². The van der Waals surface area contributed by atoms with E-state index in [1.807, 2.05) is 31.3 Å². The lowest BCUT2D eigenvalue weighted by atomic mass is 10.0. The summed E-state index contributed by atoms with van der Waals surface area (Å²) in [5, 5.41) is 9.77. The molecule has 1 aliphatic heterocycles. The van der Waals surface area contributed by atoms with Crippen LogP contribution in [0.3, 0.4) is 0 Å². The van der Waals surface area contributed by atoms with Gasteiger partial charge in [0, 0.05) is 54.2 Å². The van der Waals surface area contributed by atoms with E-state index >= 15 is 0 Å². The number of piperidine rings is 1. The largest absolute Gasteiger partial charge is 0.354 e. The molecule has 44 heavy (non-hydrogen) atoms. The molecular formula is C34H37N5O4S. The standard InChI is InChI=1S/C34H37N5O4S/c1-23-15-16-25(21-31(23)44(42,43)38-19-9-4-10-20-38)33-28-12-5-6-13-29(28)34(41)39(36-33)22-32(40)35-18-17-26-24(2)37(3)30-14-8-7-11-27(26)30/h5-8,11-16,21H,4,9-10,17-20,22H2,1-3H3,(H,35,40). The molecular weight excluding hydrogens is 574 g/mol. The highest BCUT2D eigenvalue weighted by Gasteiger charge is 2.28. The molecule has 5 aromatic rings. The molecule has 0 unspecified atom stereocenters. The maximum absolute atomic E-state index is 13.6. The van der Waals surface area contributed by atoms with Crippen LogP contribution in [0.15, 0.2) is 76.4 Å². The van der Waals surface area contributed by atoms with Crippen LogP contribution < -0.4 is 10.9 Å². The topological polar surface area (TPSA) is 106 Å². The Balaban J connectivity index is 1.29. The number of para-hydroxylation sites is 1. The third-order valence-electron chi connectivity index (χ3n) is 8.78. The van der Waals surface area contributed by atoms with Crippen molar-refractivity contribution < 1.29 is 13.2 Å². The van der Waals surface area contributed by atoms with Gasteiger partial charge < -0.3 is 9.88 Å². The van der Waals surface area contributed by atoms with E-state index in [4.69, 9.17) is 0 Å². The first kappa shape index (κ1) is 29.8. The summed E-state index contributed by atoms with van der Waals surface area (Å²) in [6.07, 6.45) is 3.37. The quantitative estimate of drug-likeness (QED) is 0.274. The maximum Gasteiger partial charge on any atom is 0.275 e. The van der Waals surface area contributed by atoms with Crippen LogP contribution in [0.2, 0.25) is 0 Å². The van der Waals surface area contributed by atoms with Gasteiger partial charge in [0.15, 0.2) is 0 Å². The average molecular weight is 612 g/mol. The zero-order valence-electron chi connectivity index (χ0n) is 25.3. The van der Waals surface area contributed by atoms with Crippen molar-refractivity contribution in [3.05, 3.63) is 93.9 Å². The molecule has 3 aromatic carbocycles. The summed E-state index contributed by atoms with van der Waals surface area (Å²) in [6, 6.07) is 20.5. The summed E-state index contributed by atoms with van der Waals surface area (Å²) in [5.41, 5.74) is 4.78. The Hall–Kier alpha value is -4.28. The highest BCUT2D eigenvalue weighted by molar-refractivity contribution is 7.89. The first-order valence-electron chi connectivity index (χ1n) is 15.1. The van der Waals surface area contributed by atoms with Gasteiger partial charge in [-0.1, -0.05) is 55.0 Å². The summed E-state index contributed by atoms with van der Waals surface area (Å²) < 4.78 is 32.1. The van der Waals surface area contributed by atoms with Crippen molar-refractivity contribution in [3.8, 4) is 11.3 Å². The molecule has 9 nitrogen and oxygen atoms in total. The van der Waals surface area contributed by atoms with Gasteiger partial charge in [-0.25, -0.2) is 13.1 Å². The van der Waals surface area contributed by atoms with Crippen LogP contribution in [0.5, 0.6) is 0 Å². The maximum atomic E-state index is 13.6.